The molecular weight excluding hydrogens is 362 g/mol. The van der Waals surface area contributed by atoms with Crippen LogP contribution in [0.1, 0.15) is 30.4 Å². The van der Waals surface area contributed by atoms with Crippen molar-refractivity contribution in [2.45, 2.75) is 25.8 Å². The highest BCUT2D eigenvalue weighted by Gasteiger charge is 2.42. The molecule has 2 aromatic rings. The number of rotatable bonds is 5. The number of hydrogen-bond donors (Lipinski definition) is 0. The van der Waals surface area contributed by atoms with Crippen LogP contribution >= 0.6 is 0 Å². The third-order valence-electron chi connectivity index (χ3n) is 6.16. The zero-order chi connectivity index (χ0) is 20.1. The molecular formula is C24H29N3O2. The van der Waals surface area contributed by atoms with Gasteiger partial charge in [0, 0.05) is 50.1 Å². The number of carbonyl (C=O) groups is 1. The van der Waals surface area contributed by atoms with Crippen molar-refractivity contribution in [2.24, 2.45) is 5.41 Å². The highest BCUT2D eigenvalue weighted by molar-refractivity contribution is 5.92. The van der Waals surface area contributed by atoms with E-state index in [1.165, 1.54) is 18.4 Å². The van der Waals surface area contributed by atoms with Gasteiger partial charge in [-0.25, -0.2) is 0 Å². The van der Waals surface area contributed by atoms with Gasteiger partial charge in [0.05, 0.1) is 7.11 Å². The maximum absolute atomic E-state index is 12.7. The van der Waals surface area contributed by atoms with Crippen molar-refractivity contribution >= 4 is 12.0 Å². The second kappa shape index (κ2) is 8.78. The van der Waals surface area contributed by atoms with Crippen LogP contribution in [0, 0.1) is 5.41 Å². The summed E-state index contributed by atoms with van der Waals surface area (Å²) in [5.41, 5.74) is 2.52. The molecule has 1 spiro atoms. The average molecular weight is 392 g/mol. The number of carbonyl (C=O) groups excluding carboxylic acids is 1. The predicted octanol–water partition coefficient (Wildman–Crippen LogP) is 3.62. The van der Waals surface area contributed by atoms with Crippen LogP contribution in [0.2, 0.25) is 0 Å². The lowest BCUT2D eigenvalue weighted by molar-refractivity contribution is -0.125. The molecule has 1 aromatic heterocycles. The van der Waals surface area contributed by atoms with E-state index in [0.29, 0.717) is 0 Å². The van der Waals surface area contributed by atoms with Gasteiger partial charge in [-0.2, -0.15) is 0 Å². The summed E-state index contributed by atoms with van der Waals surface area (Å²) in [6.07, 6.45) is 10.6. The van der Waals surface area contributed by atoms with Gasteiger partial charge in [-0.1, -0.05) is 12.1 Å². The van der Waals surface area contributed by atoms with Crippen molar-refractivity contribution in [2.75, 3.05) is 33.3 Å². The first-order valence-electron chi connectivity index (χ1n) is 10.4. The molecule has 29 heavy (non-hydrogen) atoms. The Bertz CT molecular complexity index is 867. The number of nitrogens with zero attached hydrogens (tertiary/aromatic N) is 3. The van der Waals surface area contributed by atoms with Crippen LogP contribution in [0.4, 0.5) is 0 Å². The fourth-order valence-electron chi connectivity index (χ4n) is 4.68. The molecule has 5 heteroatoms. The van der Waals surface area contributed by atoms with Crippen molar-refractivity contribution in [3.05, 3.63) is 66.0 Å². The van der Waals surface area contributed by atoms with E-state index in [1.54, 1.807) is 25.6 Å². The summed E-state index contributed by atoms with van der Waals surface area (Å²) in [4.78, 5) is 21.3. The molecule has 3 heterocycles. The van der Waals surface area contributed by atoms with Crippen LogP contribution < -0.4 is 4.74 Å². The van der Waals surface area contributed by atoms with E-state index < -0.39 is 0 Å². The fourth-order valence-corrected chi connectivity index (χ4v) is 4.68. The number of hydrogen-bond acceptors (Lipinski definition) is 4. The Kier molecular flexibility index (Phi) is 5.95. The smallest absolute Gasteiger partial charge is 0.246 e. The lowest BCUT2D eigenvalue weighted by atomic mass is 9.79. The van der Waals surface area contributed by atoms with E-state index in [2.05, 4.69) is 28.1 Å². The number of likely N-dealkylation sites (tertiary alicyclic amines) is 2. The molecule has 1 atom stereocenters. The van der Waals surface area contributed by atoms with Gasteiger partial charge < -0.3 is 9.64 Å². The van der Waals surface area contributed by atoms with Crippen LogP contribution in [-0.4, -0.2) is 54.0 Å². The summed E-state index contributed by atoms with van der Waals surface area (Å²) in [6, 6.07) is 12.1. The number of amides is 1. The molecule has 152 valence electrons. The zero-order valence-electron chi connectivity index (χ0n) is 17.1. The number of methoxy groups -OCH3 is 1. The number of ether oxygens (including phenoxy) is 1. The molecule has 2 saturated heterocycles. The van der Waals surface area contributed by atoms with Gasteiger partial charge in [-0.15, -0.1) is 0 Å². The van der Waals surface area contributed by atoms with E-state index in [-0.39, 0.29) is 11.3 Å². The zero-order valence-corrected chi connectivity index (χ0v) is 17.1. The first kappa shape index (κ1) is 19.6. The summed E-state index contributed by atoms with van der Waals surface area (Å²) >= 11 is 0. The van der Waals surface area contributed by atoms with Gasteiger partial charge in [0.25, 0.3) is 0 Å². The van der Waals surface area contributed by atoms with Gasteiger partial charge in [0.15, 0.2) is 0 Å². The summed E-state index contributed by atoms with van der Waals surface area (Å²) in [6.45, 7) is 4.83. The Labute approximate surface area is 173 Å². The van der Waals surface area contributed by atoms with Crippen LogP contribution in [-0.2, 0) is 11.3 Å². The molecule has 2 aliphatic rings. The van der Waals surface area contributed by atoms with Crippen LogP contribution in [0.15, 0.2) is 54.9 Å². The van der Waals surface area contributed by atoms with E-state index in [0.717, 1.165) is 50.5 Å². The number of pyridine rings is 1. The Morgan fingerprint density at radius 3 is 2.86 bits per heavy atom. The molecule has 0 radical (unpaired) electrons. The molecule has 5 nitrogen and oxygen atoms in total. The number of piperidine rings is 1. The maximum Gasteiger partial charge on any atom is 0.246 e. The van der Waals surface area contributed by atoms with Crippen LogP contribution in [0.25, 0.3) is 6.08 Å². The number of benzene rings is 1. The maximum atomic E-state index is 12.7. The molecule has 0 unspecified atom stereocenters. The van der Waals surface area contributed by atoms with Crippen molar-refractivity contribution in [1.82, 2.24) is 14.8 Å². The van der Waals surface area contributed by atoms with Crippen LogP contribution in [0.3, 0.4) is 0 Å². The quantitative estimate of drug-likeness (QED) is 0.731. The molecule has 2 aliphatic heterocycles. The highest BCUT2D eigenvalue weighted by Crippen LogP contribution is 2.39. The minimum absolute atomic E-state index is 0.114. The molecule has 0 bridgehead atoms. The van der Waals surface area contributed by atoms with Gasteiger partial charge in [-0.3, -0.25) is 14.7 Å². The Morgan fingerprint density at radius 1 is 1.17 bits per heavy atom. The molecule has 2 fully saturated rings. The standard InChI is InChI=1S/C24H29N3O2/c1-29-22-5-2-4-21(16-22)17-26-14-3-10-24(18-26)11-15-27(19-24)23(28)7-6-20-8-12-25-13-9-20/h2,4-9,12-13,16H,3,10-11,14-15,17-19H2,1H3/b7-6+/t24-/m1/s1. The topological polar surface area (TPSA) is 45.7 Å². The van der Waals surface area contributed by atoms with E-state index in [9.17, 15) is 4.79 Å². The van der Waals surface area contributed by atoms with Crippen molar-refractivity contribution in [3.8, 4) is 5.75 Å². The van der Waals surface area contributed by atoms with Crippen molar-refractivity contribution in [3.63, 3.8) is 0 Å². The predicted molar refractivity (Wildman–Crippen MR) is 114 cm³/mol. The lowest BCUT2D eigenvalue weighted by Gasteiger charge is -2.40. The van der Waals surface area contributed by atoms with Crippen molar-refractivity contribution in [1.29, 1.82) is 0 Å². The largest absolute Gasteiger partial charge is 0.497 e. The third-order valence-corrected chi connectivity index (χ3v) is 6.16. The normalized spacial score (nSPS) is 22.4. The minimum atomic E-state index is 0.114. The van der Waals surface area contributed by atoms with E-state index >= 15 is 0 Å². The molecule has 0 N–H and O–H groups in total. The second-order valence-electron chi connectivity index (χ2n) is 8.29. The minimum Gasteiger partial charge on any atom is -0.497 e. The van der Waals surface area contributed by atoms with Gasteiger partial charge in [-0.05, 0) is 67.3 Å². The van der Waals surface area contributed by atoms with E-state index in [1.807, 2.05) is 29.2 Å². The van der Waals surface area contributed by atoms with Gasteiger partial charge in [0.2, 0.25) is 5.91 Å². The molecule has 1 amide bonds. The number of aromatic nitrogens is 1. The molecule has 1 aromatic carbocycles. The Morgan fingerprint density at radius 2 is 2.03 bits per heavy atom. The molecule has 4 rings (SSSR count). The Hall–Kier alpha value is -2.66. The van der Waals surface area contributed by atoms with E-state index in [4.69, 9.17) is 4.74 Å². The first-order valence-corrected chi connectivity index (χ1v) is 10.4. The monoisotopic (exact) mass is 391 g/mol. The average Bonchev–Trinajstić information content (AvgIpc) is 3.16. The Balaban J connectivity index is 1.36. The van der Waals surface area contributed by atoms with Crippen LogP contribution in [0.5, 0.6) is 5.75 Å². The summed E-state index contributed by atoms with van der Waals surface area (Å²) in [5, 5.41) is 0. The molecule has 0 saturated carbocycles. The summed E-state index contributed by atoms with van der Waals surface area (Å²) in [5.74, 6) is 1.02. The summed E-state index contributed by atoms with van der Waals surface area (Å²) < 4.78 is 5.36. The third kappa shape index (κ3) is 4.85. The molecule has 0 aliphatic carbocycles. The second-order valence-corrected chi connectivity index (χ2v) is 8.29. The SMILES string of the molecule is COc1cccc(CN2CCC[C@@]3(CCN(C(=O)/C=C/c4ccncc4)C3)C2)c1. The first-order chi connectivity index (χ1) is 14.2. The lowest BCUT2D eigenvalue weighted by Crippen LogP contribution is -2.44. The van der Waals surface area contributed by atoms with Gasteiger partial charge in [0.1, 0.15) is 5.75 Å². The highest BCUT2D eigenvalue weighted by atomic mass is 16.5. The fraction of sp³-hybridized carbons (Fsp3) is 0.417. The summed E-state index contributed by atoms with van der Waals surface area (Å²) in [7, 11) is 1.71. The van der Waals surface area contributed by atoms with Gasteiger partial charge >= 0.3 is 0 Å². The van der Waals surface area contributed by atoms with Crippen molar-refractivity contribution < 1.29 is 9.53 Å².